The molecular formula is C15H22N6. The Balaban J connectivity index is 1.77. The van der Waals surface area contributed by atoms with E-state index < -0.39 is 0 Å². The molecule has 0 amide bonds. The highest BCUT2D eigenvalue weighted by atomic mass is 15.3. The summed E-state index contributed by atoms with van der Waals surface area (Å²) in [4.78, 5) is 13.4. The van der Waals surface area contributed by atoms with Gasteiger partial charge in [-0.3, -0.25) is 4.90 Å². The minimum absolute atomic E-state index is 0.481. The molecular weight excluding hydrogens is 264 g/mol. The number of fused-ring (bicyclic) bond motifs is 1. The number of hydrogen-bond acceptors (Lipinski definition) is 6. The van der Waals surface area contributed by atoms with E-state index >= 15 is 0 Å². The van der Waals surface area contributed by atoms with Gasteiger partial charge in [-0.15, -0.1) is 0 Å². The van der Waals surface area contributed by atoms with E-state index in [1.165, 1.54) is 0 Å². The molecule has 1 aliphatic heterocycles. The molecule has 6 nitrogen and oxygen atoms in total. The third-order valence-corrected chi connectivity index (χ3v) is 4.14. The molecule has 0 spiro atoms. The molecule has 0 aliphatic carbocycles. The van der Waals surface area contributed by atoms with E-state index in [0.29, 0.717) is 6.04 Å². The van der Waals surface area contributed by atoms with Crippen LogP contribution >= 0.6 is 0 Å². The monoisotopic (exact) mass is 286 g/mol. The van der Waals surface area contributed by atoms with Crippen LogP contribution in [-0.2, 0) is 0 Å². The van der Waals surface area contributed by atoms with Gasteiger partial charge < -0.3 is 16.0 Å². The Bertz CT molecular complexity index is 629. The van der Waals surface area contributed by atoms with Gasteiger partial charge in [-0.05, 0) is 32.3 Å². The van der Waals surface area contributed by atoms with E-state index in [2.05, 4.69) is 39.2 Å². The normalized spacial score (nSPS) is 20.8. The van der Waals surface area contributed by atoms with E-state index in [4.69, 9.17) is 5.73 Å². The smallest absolute Gasteiger partial charge is 0.137 e. The van der Waals surface area contributed by atoms with Crippen molar-refractivity contribution in [3.05, 3.63) is 24.5 Å². The molecule has 1 aromatic carbocycles. The average molecular weight is 286 g/mol. The lowest BCUT2D eigenvalue weighted by molar-refractivity contribution is 0.122. The van der Waals surface area contributed by atoms with Crippen LogP contribution in [0.2, 0.25) is 0 Å². The fourth-order valence-electron chi connectivity index (χ4n) is 2.75. The number of rotatable bonds is 3. The molecule has 3 rings (SSSR count). The predicted molar refractivity (Wildman–Crippen MR) is 86.4 cm³/mol. The summed E-state index contributed by atoms with van der Waals surface area (Å²) in [5.41, 5.74) is 7.52. The van der Waals surface area contributed by atoms with Crippen LogP contribution in [0.25, 0.3) is 10.9 Å². The minimum atomic E-state index is 0.481. The average Bonchev–Trinajstić information content (AvgIpc) is 2.48. The number of likely N-dealkylation sites (N-methyl/N-ethyl adjacent to an activating group) is 2. The zero-order valence-electron chi connectivity index (χ0n) is 12.6. The molecule has 6 heteroatoms. The lowest BCUT2D eigenvalue weighted by Crippen LogP contribution is -2.52. The summed E-state index contributed by atoms with van der Waals surface area (Å²) in [6, 6.07) is 6.20. The summed E-state index contributed by atoms with van der Waals surface area (Å²) in [6.45, 7) is 4.15. The van der Waals surface area contributed by atoms with Gasteiger partial charge in [0, 0.05) is 43.3 Å². The van der Waals surface area contributed by atoms with E-state index in [1.54, 1.807) is 6.33 Å². The van der Waals surface area contributed by atoms with E-state index in [1.807, 2.05) is 18.2 Å². The minimum Gasteiger partial charge on any atom is -0.399 e. The molecule has 2 aromatic rings. The number of benzene rings is 1. The molecule has 2 heterocycles. The molecule has 1 saturated heterocycles. The molecule has 1 fully saturated rings. The third kappa shape index (κ3) is 3.06. The number of anilines is 2. The second-order valence-corrected chi connectivity index (χ2v) is 5.78. The predicted octanol–water partition coefficient (Wildman–Crippen LogP) is 0.870. The molecule has 1 aliphatic rings. The zero-order chi connectivity index (χ0) is 14.8. The molecule has 21 heavy (non-hydrogen) atoms. The maximum absolute atomic E-state index is 5.87. The number of nitrogens with one attached hydrogen (secondary N) is 1. The maximum atomic E-state index is 5.87. The number of aromatic nitrogens is 2. The van der Waals surface area contributed by atoms with Crippen LogP contribution in [0.3, 0.4) is 0 Å². The number of nitrogen functional groups attached to an aromatic ring is 1. The number of hydrogen-bond donors (Lipinski definition) is 2. The number of nitrogens with zero attached hydrogens (tertiary/aromatic N) is 4. The van der Waals surface area contributed by atoms with Crippen molar-refractivity contribution in [2.24, 2.45) is 0 Å². The first-order chi connectivity index (χ1) is 10.1. The van der Waals surface area contributed by atoms with Crippen LogP contribution in [-0.4, -0.2) is 66.1 Å². The van der Waals surface area contributed by atoms with Crippen molar-refractivity contribution in [1.29, 1.82) is 0 Å². The van der Waals surface area contributed by atoms with Crippen LogP contribution in [0.1, 0.15) is 0 Å². The first-order valence-corrected chi connectivity index (χ1v) is 7.26. The van der Waals surface area contributed by atoms with Crippen molar-refractivity contribution >= 4 is 22.4 Å². The highest BCUT2D eigenvalue weighted by Crippen LogP contribution is 2.21. The van der Waals surface area contributed by atoms with Crippen LogP contribution in [0.4, 0.5) is 11.5 Å². The Kier molecular flexibility index (Phi) is 3.90. The molecule has 1 unspecified atom stereocenters. The lowest BCUT2D eigenvalue weighted by Gasteiger charge is -2.37. The van der Waals surface area contributed by atoms with Crippen molar-refractivity contribution in [2.45, 2.75) is 6.04 Å². The van der Waals surface area contributed by atoms with Crippen LogP contribution in [0.15, 0.2) is 24.5 Å². The molecule has 3 N–H and O–H groups in total. The molecule has 0 saturated carbocycles. The number of nitrogens with two attached hydrogens (primary N) is 1. The van der Waals surface area contributed by atoms with Gasteiger partial charge >= 0.3 is 0 Å². The first kappa shape index (κ1) is 14.0. The van der Waals surface area contributed by atoms with Crippen molar-refractivity contribution in [2.75, 3.05) is 51.3 Å². The largest absolute Gasteiger partial charge is 0.399 e. The standard InChI is InChI=1S/C15H22N6/c1-20-5-6-21(2)12(9-20)8-17-15-13-7-11(16)3-4-14(13)18-10-19-15/h3-4,7,10,12H,5-6,8-9,16H2,1-2H3,(H,17,18,19). The summed E-state index contributed by atoms with van der Waals surface area (Å²) in [6.07, 6.45) is 1.59. The van der Waals surface area contributed by atoms with Gasteiger partial charge in [0.15, 0.2) is 0 Å². The second-order valence-electron chi connectivity index (χ2n) is 5.78. The van der Waals surface area contributed by atoms with Crippen LogP contribution in [0, 0.1) is 0 Å². The molecule has 112 valence electrons. The fraction of sp³-hybridized carbons (Fsp3) is 0.467. The molecule has 0 bridgehead atoms. The quantitative estimate of drug-likeness (QED) is 0.816. The van der Waals surface area contributed by atoms with Crippen molar-refractivity contribution < 1.29 is 0 Å². The summed E-state index contributed by atoms with van der Waals surface area (Å²) in [7, 11) is 4.34. The van der Waals surface area contributed by atoms with E-state index in [9.17, 15) is 0 Å². The summed E-state index contributed by atoms with van der Waals surface area (Å²) in [5.74, 6) is 0.855. The van der Waals surface area contributed by atoms with Crippen LogP contribution < -0.4 is 11.1 Å². The van der Waals surface area contributed by atoms with E-state index in [0.717, 1.165) is 48.6 Å². The maximum Gasteiger partial charge on any atom is 0.137 e. The van der Waals surface area contributed by atoms with Gasteiger partial charge in [0.1, 0.15) is 12.1 Å². The lowest BCUT2D eigenvalue weighted by atomic mass is 10.1. The fourth-order valence-corrected chi connectivity index (χ4v) is 2.75. The van der Waals surface area contributed by atoms with Gasteiger partial charge in [0.05, 0.1) is 5.52 Å². The molecule has 1 aromatic heterocycles. The Morgan fingerprint density at radius 1 is 1.29 bits per heavy atom. The van der Waals surface area contributed by atoms with Gasteiger partial charge in [-0.25, -0.2) is 9.97 Å². The topological polar surface area (TPSA) is 70.3 Å². The van der Waals surface area contributed by atoms with Gasteiger partial charge in [0.2, 0.25) is 0 Å². The zero-order valence-corrected chi connectivity index (χ0v) is 12.6. The highest BCUT2D eigenvalue weighted by Gasteiger charge is 2.22. The van der Waals surface area contributed by atoms with Crippen molar-refractivity contribution in [1.82, 2.24) is 19.8 Å². The van der Waals surface area contributed by atoms with Gasteiger partial charge in [-0.1, -0.05) is 0 Å². The molecule has 0 radical (unpaired) electrons. The SMILES string of the molecule is CN1CCN(C)C(CNc2ncnc3ccc(N)cc23)C1. The highest BCUT2D eigenvalue weighted by molar-refractivity contribution is 5.91. The van der Waals surface area contributed by atoms with Gasteiger partial charge in [0.25, 0.3) is 0 Å². The van der Waals surface area contributed by atoms with Gasteiger partial charge in [-0.2, -0.15) is 0 Å². The Hall–Kier alpha value is -1.92. The van der Waals surface area contributed by atoms with Crippen LogP contribution in [0.5, 0.6) is 0 Å². The van der Waals surface area contributed by atoms with Crippen molar-refractivity contribution in [3.8, 4) is 0 Å². The Morgan fingerprint density at radius 3 is 3.00 bits per heavy atom. The summed E-state index contributed by atoms with van der Waals surface area (Å²) >= 11 is 0. The Morgan fingerprint density at radius 2 is 2.14 bits per heavy atom. The first-order valence-electron chi connectivity index (χ1n) is 7.26. The third-order valence-electron chi connectivity index (χ3n) is 4.14. The second kappa shape index (κ2) is 5.83. The van der Waals surface area contributed by atoms with E-state index in [-0.39, 0.29) is 0 Å². The summed E-state index contributed by atoms with van der Waals surface area (Å²) in [5, 5.41) is 4.44. The van der Waals surface area contributed by atoms with Crippen molar-refractivity contribution in [3.63, 3.8) is 0 Å². The molecule has 1 atom stereocenters. The Labute approximate surface area is 125 Å². The number of piperazine rings is 1. The summed E-state index contributed by atoms with van der Waals surface area (Å²) < 4.78 is 0.